The first kappa shape index (κ1) is 12.8. The zero-order valence-corrected chi connectivity index (χ0v) is 11.4. The molecule has 0 aliphatic rings. The van der Waals surface area contributed by atoms with Crippen molar-refractivity contribution in [2.75, 3.05) is 0 Å². The molecule has 0 aliphatic carbocycles. The quantitative estimate of drug-likeness (QED) is 0.773. The molecule has 0 aliphatic heterocycles. The summed E-state index contributed by atoms with van der Waals surface area (Å²) in [5.41, 5.74) is 6.43. The lowest BCUT2D eigenvalue weighted by Crippen LogP contribution is -1.98. The first-order valence-corrected chi connectivity index (χ1v) is 6.35. The van der Waals surface area contributed by atoms with E-state index < -0.39 is 0 Å². The summed E-state index contributed by atoms with van der Waals surface area (Å²) in [5.74, 6) is 0. The van der Waals surface area contributed by atoms with Crippen LogP contribution in [0, 0.1) is 20.8 Å². The molecular weight excluding hydrogens is 220 g/mol. The molecule has 0 saturated carbocycles. The van der Waals surface area contributed by atoms with E-state index in [1.807, 2.05) is 0 Å². The normalized spacial score (nSPS) is 10.6. The molecule has 0 spiro atoms. The van der Waals surface area contributed by atoms with Crippen LogP contribution in [0.1, 0.15) is 27.8 Å². The van der Waals surface area contributed by atoms with Gasteiger partial charge in [0, 0.05) is 0 Å². The minimum absolute atomic E-state index is 0.681. The summed E-state index contributed by atoms with van der Waals surface area (Å²) in [4.78, 5) is 0. The van der Waals surface area contributed by atoms with E-state index in [1.165, 1.54) is 27.8 Å². The Morgan fingerprint density at radius 3 is 2.11 bits per heavy atom. The summed E-state index contributed by atoms with van der Waals surface area (Å²) in [7, 11) is 0. The van der Waals surface area contributed by atoms with E-state index in [-0.39, 0.29) is 0 Å². The highest BCUT2D eigenvalue weighted by atomic mass is 16.5. The van der Waals surface area contributed by atoms with Crippen LogP contribution in [-0.4, -0.2) is 0 Å². The molecule has 2 aromatic rings. The van der Waals surface area contributed by atoms with E-state index in [0.717, 1.165) is 0 Å². The molecule has 0 heterocycles. The maximum atomic E-state index is 5.81. The molecule has 0 saturated heterocycles. The summed E-state index contributed by atoms with van der Waals surface area (Å²) in [5, 5.41) is 0. The minimum atomic E-state index is 0.681. The molecule has 1 nitrogen and oxygen atoms in total. The van der Waals surface area contributed by atoms with Gasteiger partial charge in [0.1, 0.15) is 0 Å². The van der Waals surface area contributed by atoms with Crippen molar-refractivity contribution >= 4 is 0 Å². The third-order valence-corrected chi connectivity index (χ3v) is 3.27. The highest BCUT2D eigenvalue weighted by Crippen LogP contribution is 2.14. The molecule has 0 atom stereocenters. The van der Waals surface area contributed by atoms with Gasteiger partial charge in [0.15, 0.2) is 0 Å². The molecule has 0 fully saturated rings. The van der Waals surface area contributed by atoms with Gasteiger partial charge in [-0.15, -0.1) is 0 Å². The van der Waals surface area contributed by atoms with Crippen LogP contribution in [0.2, 0.25) is 0 Å². The second kappa shape index (κ2) is 5.83. The number of ether oxygens (including phenoxy) is 1. The van der Waals surface area contributed by atoms with E-state index in [0.29, 0.717) is 13.2 Å². The van der Waals surface area contributed by atoms with Gasteiger partial charge in [-0.2, -0.15) is 0 Å². The summed E-state index contributed by atoms with van der Waals surface area (Å²) in [6, 6.07) is 14.9. The van der Waals surface area contributed by atoms with Gasteiger partial charge in [0.2, 0.25) is 0 Å². The van der Waals surface area contributed by atoms with Crippen molar-refractivity contribution < 1.29 is 4.74 Å². The lowest BCUT2D eigenvalue weighted by Gasteiger charge is -2.09. The fraction of sp³-hybridized carbons (Fsp3) is 0.294. The third kappa shape index (κ3) is 3.21. The van der Waals surface area contributed by atoms with Crippen LogP contribution in [0.3, 0.4) is 0 Å². The second-order valence-electron chi connectivity index (χ2n) is 4.85. The SMILES string of the molecule is Cc1ccc(COCc2ccccc2C)c(C)c1. The zero-order chi connectivity index (χ0) is 13.0. The van der Waals surface area contributed by atoms with Crippen LogP contribution in [0.5, 0.6) is 0 Å². The Kier molecular flexibility index (Phi) is 4.16. The number of rotatable bonds is 4. The molecular formula is C17H20O. The van der Waals surface area contributed by atoms with Crippen molar-refractivity contribution in [2.45, 2.75) is 34.0 Å². The molecule has 0 aromatic heterocycles. The Morgan fingerprint density at radius 1 is 0.778 bits per heavy atom. The van der Waals surface area contributed by atoms with Gasteiger partial charge in [-0.3, -0.25) is 0 Å². The number of hydrogen-bond donors (Lipinski definition) is 0. The van der Waals surface area contributed by atoms with Crippen molar-refractivity contribution in [3.63, 3.8) is 0 Å². The topological polar surface area (TPSA) is 9.23 Å². The van der Waals surface area contributed by atoms with Crippen molar-refractivity contribution in [3.05, 3.63) is 70.3 Å². The lowest BCUT2D eigenvalue weighted by atomic mass is 10.1. The Balaban J connectivity index is 1.95. The monoisotopic (exact) mass is 240 g/mol. The Labute approximate surface area is 109 Å². The molecule has 0 unspecified atom stereocenters. The number of aryl methyl sites for hydroxylation is 3. The molecule has 0 bridgehead atoms. The van der Waals surface area contributed by atoms with Crippen LogP contribution >= 0.6 is 0 Å². The van der Waals surface area contributed by atoms with Gasteiger partial charge in [-0.1, -0.05) is 48.0 Å². The van der Waals surface area contributed by atoms with Crippen molar-refractivity contribution in [2.24, 2.45) is 0 Å². The summed E-state index contributed by atoms with van der Waals surface area (Å²) in [6.45, 7) is 7.74. The van der Waals surface area contributed by atoms with Gasteiger partial charge in [0.05, 0.1) is 13.2 Å². The predicted octanol–water partition coefficient (Wildman–Crippen LogP) is 4.33. The van der Waals surface area contributed by atoms with Gasteiger partial charge < -0.3 is 4.74 Å². The largest absolute Gasteiger partial charge is 0.372 e. The predicted molar refractivity (Wildman–Crippen MR) is 75.6 cm³/mol. The highest BCUT2D eigenvalue weighted by molar-refractivity contribution is 5.30. The van der Waals surface area contributed by atoms with Crippen molar-refractivity contribution in [3.8, 4) is 0 Å². The molecule has 2 rings (SSSR count). The van der Waals surface area contributed by atoms with E-state index in [2.05, 4.69) is 63.2 Å². The second-order valence-corrected chi connectivity index (χ2v) is 4.85. The van der Waals surface area contributed by atoms with E-state index >= 15 is 0 Å². The molecule has 18 heavy (non-hydrogen) atoms. The van der Waals surface area contributed by atoms with Crippen LogP contribution in [0.4, 0.5) is 0 Å². The number of benzene rings is 2. The fourth-order valence-electron chi connectivity index (χ4n) is 2.05. The van der Waals surface area contributed by atoms with Crippen LogP contribution in [-0.2, 0) is 18.0 Å². The molecule has 0 radical (unpaired) electrons. The first-order chi connectivity index (χ1) is 8.66. The lowest BCUT2D eigenvalue weighted by molar-refractivity contribution is 0.106. The Bertz CT molecular complexity index is 529. The Morgan fingerprint density at radius 2 is 1.44 bits per heavy atom. The van der Waals surface area contributed by atoms with Gasteiger partial charge >= 0.3 is 0 Å². The first-order valence-electron chi connectivity index (χ1n) is 6.35. The van der Waals surface area contributed by atoms with Crippen LogP contribution in [0.15, 0.2) is 42.5 Å². The molecule has 94 valence electrons. The molecule has 2 aromatic carbocycles. The number of hydrogen-bond acceptors (Lipinski definition) is 1. The molecule has 1 heteroatoms. The van der Waals surface area contributed by atoms with Gasteiger partial charge in [0.25, 0.3) is 0 Å². The third-order valence-electron chi connectivity index (χ3n) is 3.27. The fourth-order valence-corrected chi connectivity index (χ4v) is 2.05. The highest BCUT2D eigenvalue weighted by Gasteiger charge is 2.00. The van der Waals surface area contributed by atoms with Gasteiger partial charge in [-0.05, 0) is 43.0 Å². The van der Waals surface area contributed by atoms with Gasteiger partial charge in [-0.25, -0.2) is 0 Å². The molecule has 0 N–H and O–H groups in total. The average molecular weight is 240 g/mol. The van der Waals surface area contributed by atoms with E-state index in [9.17, 15) is 0 Å². The van der Waals surface area contributed by atoms with E-state index in [1.54, 1.807) is 0 Å². The van der Waals surface area contributed by atoms with Crippen molar-refractivity contribution in [1.82, 2.24) is 0 Å². The summed E-state index contributed by atoms with van der Waals surface area (Å²) < 4.78 is 5.81. The summed E-state index contributed by atoms with van der Waals surface area (Å²) in [6.07, 6.45) is 0. The van der Waals surface area contributed by atoms with Crippen LogP contribution in [0.25, 0.3) is 0 Å². The smallest absolute Gasteiger partial charge is 0.0724 e. The zero-order valence-electron chi connectivity index (χ0n) is 11.4. The molecule has 0 amide bonds. The minimum Gasteiger partial charge on any atom is -0.372 e. The van der Waals surface area contributed by atoms with E-state index in [4.69, 9.17) is 4.74 Å². The maximum Gasteiger partial charge on any atom is 0.0724 e. The maximum absolute atomic E-state index is 5.81. The van der Waals surface area contributed by atoms with Crippen LogP contribution < -0.4 is 0 Å². The average Bonchev–Trinajstić information content (AvgIpc) is 2.34. The Hall–Kier alpha value is -1.60. The standard InChI is InChI=1S/C17H20O/c1-13-8-9-17(15(3)10-13)12-18-11-16-7-5-4-6-14(16)2/h4-10H,11-12H2,1-3H3. The summed E-state index contributed by atoms with van der Waals surface area (Å²) >= 11 is 0. The van der Waals surface area contributed by atoms with Crippen molar-refractivity contribution in [1.29, 1.82) is 0 Å².